The third kappa shape index (κ3) is 5.71. The summed E-state index contributed by atoms with van der Waals surface area (Å²) in [6.07, 6.45) is 2.83. The van der Waals surface area contributed by atoms with E-state index in [0.29, 0.717) is 44.8 Å². The van der Waals surface area contributed by atoms with Gasteiger partial charge in [-0.05, 0) is 25.2 Å². The molecule has 2 heterocycles. The Bertz CT molecular complexity index is 655. The van der Waals surface area contributed by atoms with E-state index in [-0.39, 0.29) is 25.0 Å². The van der Waals surface area contributed by atoms with Crippen molar-refractivity contribution in [2.24, 2.45) is 5.92 Å². The van der Waals surface area contributed by atoms with Gasteiger partial charge in [0.15, 0.2) is 0 Å². The van der Waals surface area contributed by atoms with E-state index in [4.69, 9.17) is 4.74 Å². The average molecular weight is 424 g/mol. The highest BCUT2D eigenvalue weighted by molar-refractivity contribution is 5.90. The molecule has 0 saturated carbocycles. The van der Waals surface area contributed by atoms with E-state index in [1.54, 1.807) is 21.9 Å². The van der Waals surface area contributed by atoms with Gasteiger partial charge in [0.1, 0.15) is 18.8 Å². The molecule has 2 atom stereocenters. The van der Waals surface area contributed by atoms with Gasteiger partial charge in [-0.25, -0.2) is 9.80 Å². The first kappa shape index (κ1) is 23.7. The summed E-state index contributed by atoms with van der Waals surface area (Å²) < 4.78 is 4.86. The molecular formula is C20H33N5O5. The van der Waals surface area contributed by atoms with Crippen LogP contribution >= 0.6 is 0 Å². The van der Waals surface area contributed by atoms with Gasteiger partial charge in [0.05, 0.1) is 13.1 Å². The van der Waals surface area contributed by atoms with Crippen molar-refractivity contribution in [3.63, 3.8) is 0 Å². The average Bonchev–Trinajstić information content (AvgIpc) is 2.69. The van der Waals surface area contributed by atoms with Gasteiger partial charge >= 0.3 is 6.09 Å². The van der Waals surface area contributed by atoms with Crippen molar-refractivity contribution >= 4 is 24.3 Å². The summed E-state index contributed by atoms with van der Waals surface area (Å²) in [6.45, 7) is 9.00. The number of rotatable bonds is 10. The van der Waals surface area contributed by atoms with Crippen molar-refractivity contribution < 1.29 is 23.9 Å². The Labute approximate surface area is 177 Å². The lowest BCUT2D eigenvalue weighted by Crippen LogP contribution is -2.74. The van der Waals surface area contributed by atoms with Gasteiger partial charge in [-0.3, -0.25) is 19.4 Å². The molecule has 0 aromatic rings. The third-order valence-corrected chi connectivity index (χ3v) is 5.33. The minimum atomic E-state index is -0.662. The predicted molar refractivity (Wildman–Crippen MR) is 110 cm³/mol. The van der Waals surface area contributed by atoms with Gasteiger partial charge in [0.2, 0.25) is 18.2 Å². The maximum atomic E-state index is 13.2. The number of ether oxygens (including phenoxy) is 1. The number of carbonyl (C=O) groups excluding carboxylic acids is 4. The molecule has 0 aromatic carbocycles. The van der Waals surface area contributed by atoms with Gasteiger partial charge in [-0.2, -0.15) is 0 Å². The molecule has 2 rings (SSSR count). The lowest BCUT2D eigenvalue weighted by atomic mass is 10.0. The highest BCUT2D eigenvalue weighted by atomic mass is 16.5. The van der Waals surface area contributed by atoms with Crippen molar-refractivity contribution in [1.82, 2.24) is 25.1 Å². The first-order valence-corrected chi connectivity index (χ1v) is 10.4. The minimum absolute atomic E-state index is 0.0388. The number of nitrogens with zero attached hydrogens (tertiary/aromatic N) is 4. The van der Waals surface area contributed by atoms with Crippen molar-refractivity contribution in [2.75, 3.05) is 39.8 Å². The Morgan fingerprint density at radius 2 is 2.10 bits per heavy atom. The summed E-state index contributed by atoms with van der Waals surface area (Å²) in [4.78, 5) is 52.5. The Hall–Kier alpha value is -2.62. The molecule has 168 valence electrons. The molecule has 2 aliphatic heterocycles. The SMILES string of the molecule is C=CCOC(=O)NCCC[C@H]1C(=O)N(CCC(C)C)CC2N1C(=O)CN(C)N2C=O. The number of carbonyl (C=O) groups is 4. The predicted octanol–water partition coefficient (Wildman–Crippen LogP) is 0.409. The van der Waals surface area contributed by atoms with Crippen LogP contribution in [-0.2, 0) is 19.1 Å². The van der Waals surface area contributed by atoms with Crippen LogP contribution < -0.4 is 5.32 Å². The normalized spacial score (nSPS) is 22.2. The first-order valence-electron chi connectivity index (χ1n) is 10.4. The molecule has 10 heteroatoms. The summed E-state index contributed by atoms with van der Waals surface area (Å²) >= 11 is 0. The van der Waals surface area contributed by atoms with Crippen LogP contribution in [0.4, 0.5) is 4.79 Å². The number of hydrogen-bond acceptors (Lipinski definition) is 6. The molecule has 0 spiro atoms. The van der Waals surface area contributed by atoms with Gasteiger partial charge in [0, 0.05) is 20.1 Å². The molecule has 1 unspecified atom stereocenters. The zero-order chi connectivity index (χ0) is 22.3. The molecule has 4 amide bonds. The Balaban J connectivity index is 2.09. The number of amides is 4. The van der Waals surface area contributed by atoms with E-state index in [1.807, 2.05) is 0 Å². The van der Waals surface area contributed by atoms with Crippen LogP contribution in [0.1, 0.15) is 33.1 Å². The molecule has 0 bridgehead atoms. The van der Waals surface area contributed by atoms with Crippen LogP contribution in [-0.4, -0.2) is 96.2 Å². The van der Waals surface area contributed by atoms with E-state index >= 15 is 0 Å². The van der Waals surface area contributed by atoms with E-state index < -0.39 is 18.3 Å². The van der Waals surface area contributed by atoms with Crippen molar-refractivity contribution in [2.45, 2.75) is 45.3 Å². The number of likely N-dealkylation sites (N-methyl/N-ethyl adjacent to an activating group) is 1. The maximum Gasteiger partial charge on any atom is 0.407 e. The maximum absolute atomic E-state index is 13.2. The molecule has 30 heavy (non-hydrogen) atoms. The largest absolute Gasteiger partial charge is 0.445 e. The Morgan fingerprint density at radius 1 is 1.37 bits per heavy atom. The summed E-state index contributed by atoms with van der Waals surface area (Å²) in [6, 6.07) is -0.662. The number of nitrogens with one attached hydrogen (secondary N) is 1. The molecule has 0 aliphatic carbocycles. The molecule has 2 aliphatic rings. The topological polar surface area (TPSA) is 102 Å². The molecule has 10 nitrogen and oxygen atoms in total. The van der Waals surface area contributed by atoms with Gasteiger partial charge in [-0.15, -0.1) is 0 Å². The van der Waals surface area contributed by atoms with Crippen molar-refractivity contribution in [1.29, 1.82) is 0 Å². The molecule has 0 aromatic heterocycles. The zero-order valence-corrected chi connectivity index (χ0v) is 18.1. The van der Waals surface area contributed by atoms with E-state index in [0.717, 1.165) is 6.42 Å². The second-order valence-corrected chi connectivity index (χ2v) is 8.02. The first-order chi connectivity index (χ1) is 14.3. The van der Waals surface area contributed by atoms with Crippen LogP contribution in [0.25, 0.3) is 0 Å². The van der Waals surface area contributed by atoms with Crippen molar-refractivity contribution in [3.8, 4) is 0 Å². The third-order valence-electron chi connectivity index (χ3n) is 5.33. The summed E-state index contributed by atoms with van der Waals surface area (Å²) in [5.41, 5.74) is 0. The number of piperazine rings is 1. The van der Waals surface area contributed by atoms with Gasteiger partial charge < -0.3 is 19.9 Å². The number of hydrogen-bond donors (Lipinski definition) is 1. The number of fused-ring (bicyclic) bond motifs is 1. The highest BCUT2D eigenvalue weighted by Gasteiger charge is 2.48. The summed E-state index contributed by atoms with van der Waals surface area (Å²) in [5.74, 6) is 0.142. The van der Waals surface area contributed by atoms with Gasteiger partial charge in [0.25, 0.3) is 0 Å². The summed E-state index contributed by atoms with van der Waals surface area (Å²) in [5, 5.41) is 5.69. The van der Waals surface area contributed by atoms with E-state index in [9.17, 15) is 19.2 Å². The fourth-order valence-corrected chi connectivity index (χ4v) is 3.75. The van der Waals surface area contributed by atoms with E-state index in [1.165, 1.54) is 11.1 Å². The quantitative estimate of drug-likeness (QED) is 0.310. The highest BCUT2D eigenvalue weighted by Crippen LogP contribution is 2.27. The summed E-state index contributed by atoms with van der Waals surface area (Å²) in [7, 11) is 1.69. The van der Waals surface area contributed by atoms with Crippen LogP contribution in [0.3, 0.4) is 0 Å². The van der Waals surface area contributed by atoms with Crippen molar-refractivity contribution in [3.05, 3.63) is 12.7 Å². The van der Waals surface area contributed by atoms with Crippen LogP contribution in [0.2, 0.25) is 0 Å². The zero-order valence-electron chi connectivity index (χ0n) is 18.1. The molecule has 2 fully saturated rings. The van der Waals surface area contributed by atoms with Crippen LogP contribution in [0.5, 0.6) is 0 Å². The fraction of sp³-hybridized carbons (Fsp3) is 0.700. The smallest absolute Gasteiger partial charge is 0.407 e. The number of hydrazine groups is 1. The Kier molecular flexibility index (Phi) is 8.64. The monoisotopic (exact) mass is 423 g/mol. The van der Waals surface area contributed by atoms with Crippen LogP contribution in [0.15, 0.2) is 12.7 Å². The second kappa shape index (κ2) is 11.0. The lowest BCUT2D eigenvalue weighted by molar-refractivity contribution is -0.196. The number of alkyl carbamates (subject to hydrolysis) is 1. The molecule has 0 radical (unpaired) electrons. The standard InChI is InChI=1S/C20H33N5O5/c1-5-11-30-20(29)21-9-6-7-16-19(28)23(10-8-15(2)3)12-17-24(14-26)22(4)13-18(27)25(16)17/h5,14-17H,1,6-13H2,2-4H3,(H,21,29)/t16-,17?/m0/s1. The molecular weight excluding hydrogens is 390 g/mol. The Morgan fingerprint density at radius 3 is 2.73 bits per heavy atom. The van der Waals surface area contributed by atoms with Gasteiger partial charge in [-0.1, -0.05) is 26.5 Å². The second-order valence-electron chi connectivity index (χ2n) is 8.02. The molecule has 1 N–H and O–H groups in total. The fourth-order valence-electron chi connectivity index (χ4n) is 3.75. The van der Waals surface area contributed by atoms with E-state index in [2.05, 4.69) is 25.7 Å². The lowest BCUT2D eigenvalue weighted by Gasteiger charge is -2.53. The minimum Gasteiger partial charge on any atom is -0.445 e. The molecule has 2 saturated heterocycles. The van der Waals surface area contributed by atoms with Crippen LogP contribution in [0, 0.1) is 5.92 Å².